The van der Waals surface area contributed by atoms with E-state index in [1.807, 2.05) is 45.0 Å². The van der Waals surface area contributed by atoms with Crippen molar-refractivity contribution in [3.8, 4) is 0 Å². The van der Waals surface area contributed by atoms with Crippen LogP contribution in [0.2, 0.25) is 0 Å². The lowest BCUT2D eigenvalue weighted by Crippen LogP contribution is -2.37. The molecule has 1 amide bonds. The predicted octanol–water partition coefficient (Wildman–Crippen LogP) is 3.39. The highest BCUT2D eigenvalue weighted by molar-refractivity contribution is 5.79. The summed E-state index contributed by atoms with van der Waals surface area (Å²) in [7, 11) is 0. The number of oxime groups is 1. The molecule has 0 aromatic heterocycles. The third-order valence-electron chi connectivity index (χ3n) is 3.16. The van der Waals surface area contributed by atoms with E-state index in [1.165, 1.54) is 6.21 Å². The molecule has 1 N–H and O–H groups in total. The van der Waals surface area contributed by atoms with E-state index in [2.05, 4.69) is 5.16 Å². The molecular formula is C16H22N2O3. The Morgan fingerprint density at radius 2 is 2.00 bits per heavy atom. The van der Waals surface area contributed by atoms with Crippen molar-refractivity contribution >= 4 is 12.3 Å². The van der Waals surface area contributed by atoms with Crippen molar-refractivity contribution in [1.82, 2.24) is 4.90 Å². The summed E-state index contributed by atoms with van der Waals surface area (Å²) in [4.78, 5) is 14.1. The topological polar surface area (TPSA) is 62.1 Å². The summed E-state index contributed by atoms with van der Waals surface area (Å²) < 4.78 is 5.47. The van der Waals surface area contributed by atoms with Crippen LogP contribution in [-0.2, 0) is 11.3 Å². The normalized spacial score (nSPS) is 15.2. The Kier molecular flexibility index (Phi) is 4.50. The predicted molar refractivity (Wildman–Crippen MR) is 80.6 cm³/mol. The third kappa shape index (κ3) is 4.77. The molecule has 1 saturated carbocycles. The maximum atomic E-state index is 12.3. The van der Waals surface area contributed by atoms with Crippen LogP contribution in [0.3, 0.4) is 0 Å². The molecule has 0 heterocycles. The fourth-order valence-electron chi connectivity index (χ4n) is 2.02. The zero-order valence-electron chi connectivity index (χ0n) is 12.7. The molecule has 0 spiro atoms. The van der Waals surface area contributed by atoms with Gasteiger partial charge in [0.25, 0.3) is 0 Å². The van der Waals surface area contributed by atoms with Gasteiger partial charge in [0, 0.05) is 12.6 Å². The number of amides is 1. The largest absolute Gasteiger partial charge is 0.444 e. The Morgan fingerprint density at radius 3 is 2.48 bits per heavy atom. The summed E-state index contributed by atoms with van der Waals surface area (Å²) in [5.41, 5.74) is 1.37. The van der Waals surface area contributed by atoms with Crippen LogP contribution >= 0.6 is 0 Å². The number of hydrogen-bond acceptors (Lipinski definition) is 4. The van der Waals surface area contributed by atoms with Crippen molar-refractivity contribution in [3.63, 3.8) is 0 Å². The van der Waals surface area contributed by atoms with Crippen molar-refractivity contribution < 1.29 is 14.7 Å². The first-order valence-electron chi connectivity index (χ1n) is 7.15. The molecule has 1 fully saturated rings. The van der Waals surface area contributed by atoms with E-state index < -0.39 is 5.60 Å². The Hall–Kier alpha value is -2.04. The van der Waals surface area contributed by atoms with Gasteiger partial charge in [-0.1, -0.05) is 29.4 Å². The first-order chi connectivity index (χ1) is 9.89. The van der Waals surface area contributed by atoms with Crippen molar-refractivity contribution in [2.24, 2.45) is 5.16 Å². The summed E-state index contributed by atoms with van der Waals surface area (Å²) in [5, 5.41) is 11.5. The molecular weight excluding hydrogens is 268 g/mol. The second-order valence-electron chi connectivity index (χ2n) is 6.33. The molecule has 114 valence electrons. The molecule has 2 rings (SSSR count). The van der Waals surface area contributed by atoms with Gasteiger partial charge in [-0.15, -0.1) is 0 Å². The molecule has 0 atom stereocenters. The van der Waals surface area contributed by atoms with Crippen molar-refractivity contribution in [3.05, 3.63) is 35.4 Å². The van der Waals surface area contributed by atoms with Crippen LogP contribution in [0.1, 0.15) is 44.7 Å². The minimum Gasteiger partial charge on any atom is -0.444 e. The molecule has 0 aliphatic heterocycles. The first-order valence-corrected chi connectivity index (χ1v) is 7.15. The molecule has 5 nitrogen and oxygen atoms in total. The van der Waals surface area contributed by atoms with Gasteiger partial charge in [0.15, 0.2) is 0 Å². The van der Waals surface area contributed by atoms with E-state index in [4.69, 9.17) is 9.94 Å². The van der Waals surface area contributed by atoms with Crippen LogP contribution in [-0.4, -0.2) is 34.1 Å². The summed E-state index contributed by atoms with van der Waals surface area (Å²) in [5.74, 6) is 0. The van der Waals surface area contributed by atoms with Gasteiger partial charge in [-0.05, 0) is 44.7 Å². The van der Waals surface area contributed by atoms with Crippen molar-refractivity contribution in [2.75, 3.05) is 0 Å². The number of carbonyl (C=O) groups excluding carboxylic acids is 1. The van der Waals surface area contributed by atoms with Crippen LogP contribution in [0, 0.1) is 0 Å². The highest BCUT2D eigenvalue weighted by Crippen LogP contribution is 2.29. The highest BCUT2D eigenvalue weighted by atomic mass is 16.6. The molecule has 0 radical (unpaired) electrons. The monoisotopic (exact) mass is 290 g/mol. The van der Waals surface area contributed by atoms with Gasteiger partial charge in [0.1, 0.15) is 5.60 Å². The summed E-state index contributed by atoms with van der Waals surface area (Å²) in [6.45, 7) is 6.16. The second kappa shape index (κ2) is 6.16. The Labute approximate surface area is 125 Å². The van der Waals surface area contributed by atoms with Gasteiger partial charge in [0.2, 0.25) is 0 Å². The van der Waals surface area contributed by atoms with Gasteiger partial charge < -0.3 is 14.8 Å². The standard InChI is InChI=1S/C16H22N2O3/c1-16(2,3)21-15(19)18(14-8-9-14)11-13-6-4-12(5-7-13)10-17-20/h4-7,10,14,20H,8-9,11H2,1-3H3/b17-10-. The fourth-order valence-corrected chi connectivity index (χ4v) is 2.02. The van der Waals surface area contributed by atoms with Gasteiger partial charge >= 0.3 is 6.09 Å². The van der Waals surface area contributed by atoms with Crippen LogP contribution in [0.4, 0.5) is 4.79 Å². The summed E-state index contributed by atoms with van der Waals surface area (Å²) >= 11 is 0. The van der Waals surface area contributed by atoms with Gasteiger partial charge in [-0.25, -0.2) is 4.79 Å². The van der Waals surface area contributed by atoms with E-state index in [-0.39, 0.29) is 6.09 Å². The van der Waals surface area contributed by atoms with E-state index >= 15 is 0 Å². The van der Waals surface area contributed by atoms with Crippen LogP contribution in [0.5, 0.6) is 0 Å². The second-order valence-corrected chi connectivity index (χ2v) is 6.33. The van der Waals surface area contributed by atoms with Gasteiger partial charge in [0.05, 0.1) is 6.21 Å². The molecule has 21 heavy (non-hydrogen) atoms. The van der Waals surface area contributed by atoms with E-state index in [9.17, 15) is 4.79 Å². The quantitative estimate of drug-likeness (QED) is 0.525. The lowest BCUT2D eigenvalue weighted by molar-refractivity contribution is 0.0216. The molecule has 5 heteroatoms. The lowest BCUT2D eigenvalue weighted by atomic mass is 10.1. The first kappa shape index (κ1) is 15.4. The van der Waals surface area contributed by atoms with Crippen LogP contribution in [0.25, 0.3) is 0 Å². The van der Waals surface area contributed by atoms with Crippen molar-refractivity contribution in [1.29, 1.82) is 0 Å². The van der Waals surface area contributed by atoms with Gasteiger partial charge in [-0.2, -0.15) is 0 Å². The number of rotatable bonds is 4. The average Bonchev–Trinajstić information content (AvgIpc) is 3.20. The molecule has 0 unspecified atom stereocenters. The highest BCUT2D eigenvalue weighted by Gasteiger charge is 2.35. The van der Waals surface area contributed by atoms with E-state index in [0.29, 0.717) is 12.6 Å². The van der Waals surface area contributed by atoms with E-state index in [0.717, 1.165) is 24.0 Å². The average molecular weight is 290 g/mol. The maximum Gasteiger partial charge on any atom is 0.410 e. The molecule has 0 bridgehead atoms. The smallest absolute Gasteiger partial charge is 0.410 e. The number of benzene rings is 1. The molecule has 1 aromatic carbocycles. The lowest BCUT2D eigenvalue weighted by Gasteiger charge is -2.27. The molecule has 1 aliphatic rings. The number of hydrogen-bond donors (Lipinski definition) is 1. The Bertz CT molecular complexity index is 513. The number of nitrogens with zero attached hydrogens (tertiary/aromatic N) is 2. The van der Waals surface area contributed by atoms with Crippen molar-refractivity contribution in [2.45, 2.75) is 51.8 Å². The zero-order chi connectivity index (χ0) is 15.5. The minimum absolute atomic E-state index is 0.258. The SMILES string of the molecule is CC(C)(C)OC(=O)N(Cc1ccc(/C=N\O)cc1)C1CC1. The number of carbonyl (C=O) groups is 1. The van der Waals surface area contributed by atoms with E-state index in [1.54, 1.807) is 4.90 Å². The summed E-state index contributed by atoms with van der Waals surface area (Å²) in [6, 6.07) is 7.86. The molecule has 0 saturated heterocycles. The molecule has 1 aliphatic carbocycles. The van der Waals surface area contributed by atoms with Crippen LogP contribution < -0.4 is 0 Å². The minimum atomic E-state index is -0.480. The molecule has 1 aromatic rings. The third-order valence-corrected chi connectivity index (χ3v) is 3.16. The Morgan fingerprint density at radius 1 is 1.38 bits per heavy atom. The zero-order valence-corrected chi connectivity index (χ0v) is 12.7. The van der Waals surface area contributed by atoms with Gasteiger partial charge in [-0.3, -0.25) is 0 Å². The summed E-state index contributed by atoms with van der Waals surface area (Å²) in [6.07, 6.45) is 3.19. The number of ether oxygens (including phenoxy) is 1. The van der Waals surface area contributed by atoms with Crippen LogP contribution in [0.15, 0.2) is 29.4 Å². The Balaban J connectivity index is 2.04. The fraction of sp³-hybridized carbons (Fsp3) is 0.500. The maximum absolute atomic E-state index is 12.3.